The maximum atomic E-state index is 11.8. The van der Waals surface area contributed by atoms with E-state index >= 15 is 0 Å². The van der Waals surface area contributed by atoms with Crippen LogP contribution in [-0.2, 0) is 11.2 Å². The summed E-state index contributed by atoms with van der Waals surface area (Å²) in [5.74, 6) is 0.498. The molecule has 0 amide bonds. The predicted molar refractivity (Wildman–Crippen MR) is 93.5 cm³/mol. The number of hydrogen-bond acceptors (Lipinski definition) is 4. The van der Waals surface area contributed by atoms with E-state index in [2.05, 4.69) is 0 Å². The average molecular weight is 342 g/mol. The molecule has 0 fully saturated rings. The molecule has 132 valence electrons. The van der Waals surface area contributed by atoms with Gasteiger partial charge in [0.15, 0.2) is 11.5 Å². The fraction of sp³-hybridized carbons (Fsp3) is 0.350. The molecule has 0 aromatic heterocycles. The SMILES string of the molecule is CC(C)(C)Oc1ccc(CC(C(=O)O)c2ccc3c(c2)OCO3)cc1. The first kappa shape index (κ1) is 17.1. The van der Waals surface area contributed by atoms with Gasteiger partial charge in [-0.3, -0.25) is 4.79 Å². The molecule has 1 atom stereocenters. The Labute approximate surface area is 147 Å². The van der Waals surface area contributed by atoms with Crippen LogP contribution in [0.4, 0.5) is 0 Å². The molecule has 1 aliphatic heterocycles. The zero-order valence-corrected chi connectivity index (χ0v) is 14.6. The summed E-state index contributed by atoms with van der Waals surface area (Å²) in [4.78, 5) is 11.8. The average Bonchev–Trinajstić information content (AvgIpc) is 3.00. The lowest BCUT2D eigenvalue weighted by Crippen LogP contribution is -2.22. The minimum absolute atomic E-state index is 0.172. The summed E-state index contributed by atoms with van der Waals surface area (Å²) in [6.45, 7) is 6.13. The highest BCUT2D eigenvalue weighted by molar-refractivity contribution is 5.77. The van der Waals surface area contributed by atoms with E-state index < -0.39 is 11.9 Å². The highest BCUT2D eigenvalue weighted by atomic mass is 16.7. The number of carbonyl (C=O) groups is 1. The van der Waals surface area contributed by atoms with Crippen molar-refractivity contribution in [1.82, 2.24) is 0 Å². The Hall–Kier alpha value is -2.69. The Kier molecular flexibility index (Phi) is 4.57. The number of hydrogen-bond donors (Lipinski definition) is 1. The first-order valence-corrected chi connectivity index (χ1v) is 8.22. The standard InChI is InChI=1S/C20H22O5/c1-20(2,3)25-15-7-4-13(5-8-15)10-16(19(21)22)14-6-9-17-18(11-14)24-12-23-17/h4-9,11,16H,10,12H2,1-3H3,(H,21,22). The summed E-state index contributed by atoms with van der Waals surface area (Å²) in [6, 6.07) is 12.8. The van der Waals surface area contributed by atoms with Gasteiger partial charge in [0.2, 0.25) is 6.79 Å². The van der Waals surface area contributed by atoms with Gasteiger partial charge in [-0.1, -0.05) is 18.2 Å². The molecule has 5 heteroatoms. The molecule has 1 aliphatic rings. The smallest absolute Gasteiger partial charge is 0.311 e. The van der Waals surface area contributed by atoms with Gasteiger partial charge in [0, 0.05) is 0 Å². The number of fused-ring (bicyclic) bond motifs is 1. The molecule has 25 heavy (non-hydrogen) atoms. The molecule has 0 radical (unpaired) electrons. The van der Waals surface area contributed by atoms with Gasteiger partial charge in [-0.15, -0.1) is 0 Å². The quantitative estimate of drug-likeness (QED) is 0.889. The second-order valence-corrected chi connectivity index (χ2v) is 7.07. The monoisotopic (exact) mass is 342 g/mol. The number of carboxylic acids is 1. The van der Waals surface area contributed by atoms with E-state index in [1.54, 1.807) is 18.2 Å². The number of carboxylic acid groups (broad SMARTS) is 1. The van der Waals surface area contributed by atoms with Gasteiger partial charge in [0.05, 0.1) is 5.92 Å². The zero-order valence-electron chi connectivity index (χ0n) is 14.6. The summed E-state index contributed by atoms with van der Waals surface area (Å²) in [6.07, 6.45) is 0.394. The maximum absolute atomic E-state index is 11.8. The van der Waals surface area contributed by atoms with Gasteiger partial charge in [0.25, 0.3) is 0 Å². The van der Waals surface area contributed by atoms with Crippen LogP contribution in [0.25, 0.3) is 0 Å². The van der Waals surface area contributed by atoms with Crippen molar-refractivity contribution in [3.05, 3.63) is 53.6 Å². The lowest BCUT2D eigenvalue weighted by molar-refractivity contribution is -0.138. The van der Waals surface area contributed by atoms with E-state index in [9.17, 15) is 9.90 Å². The Balaban J connectivity index is 1.77. The second kappa shape index (κ2) is 6.67. The van der Waals surface area contributed by atoms with Crippen LogP contribution in [0.3, 0.4) is 0 Å². The molecule has 2 aromatic carbocycles. The van der Waals surface area contributed by atoms with Gasteiger partial charge >= 0.3 is 5.97 Å². The minimum atomic E-state index is -0.867. The van der Waals surface area contributed by atoms with Crippen LogP contribution in [0, 0.1) is 0 Å². The fourth-order valence-electron chi connectivity index (χ4n) is 2.76. The zero-order chi connectivity index (χ0) is 18.0. The third-order valence-electron chi connectivity index (χ3n) is 3.88. The van der Waals surface area contributed by atoms with Crippen LogP contribution in [0.15, 0.2) is 42.5 Å². The van der Waals surface area contributed by atoms with E-state index in [4.69, 9.17) is 14.2 Å². The van der Waals surface area contributed by atoms with Crippen molar-refractivity contribution < 1.29 is 24.1 Å². The number of rotatable bonds is 5. The summed E-state index contributed by atoms with van der Waals surface area (Å²) in [7, 11) is 0. The van der Waals surface area contributed by atoms with Crippen molar-refractivity contribution in [1.29, 1.82) is 0 Å². The van der Waals surface area contributed by atoms with Crippen LogP contribution in [0.2, 0.25) is 0 Å². The minimum Gasteiger partial charge on any atom is -0.488 e. The Morgan fingerprint density at radius 2 is 1.80 bits per heavy atom. The molecule has 0 aliphatic carbocycles. The predicted octanol–water partition coefficient (Wildman–Crippen LogP) is 4.00. The van der Waals surface area contributed by atoms with Crippen molar-refractivity contribution in [2.24, 2.45) is 0 Å². The number of ether oxygens (including phenoxy) is 3. The van der Waals surface area contributed by atoms with Crippen LogP contribution in [0.5, 0.6) is 17.2 Å². The van der Waals surface area contributed by atoms with Crippen molar-refractivity contribution in [2.75, 3.05) is 6.79 Å². The Morgan fingerprint density at radius 3 is 2.44 bits per heavy atom. The first-order chi connectivity index (χ1) is 11.8. The van der Waals surface area contributed by atoms with Crippen LogP contribution in [-0.4, -0.2) is 23.5 Å². The molecule has 5 nitrogen and oxygen atoms in total. The highest BCUT2D eigenvalue weighted by Gasteiger charge is 2.23. The van der Waals surface area contributed by atoms with Gasteiger partial charge in [-0.2, -0.15) is 0 Å². The fourth-order valence-corrected chi connectivity index (χ4v) is 2.76. The lowest BCUT2D eigenvalue weighted by Gasteiger charge is -2.21. The highest BCUT2D eigenvalue weighted by Crippen LogP contribution is 2.35. The lowest BCUT2D eigenvalue weighted by atomic mass is 9.92. The maximum Gasteiger partial charge on any atom is 0.311 e. The summed E-state index contributed by atoms with van der Waals surface area (Å²) >= 11 is 0. The largest absolute Gasteiger partial charge is 0.488 e. The molecular formula is C20H22O5. The molecular weight excluding hydrogens is 320 g/mol. The van der Waals surface area contributed by atoms with Crippen LogP contribution < -0.4 is 14.2 Å². The molecule has 0 saturated carbocycles. The van der Waals surface area contributed by atoms with Gasteiger partial charge in [-0.05, 0) is 62.6 Å². The Bertz CT molecular complexity index is 759. The normalized spacial score (nSPS) is 14.2. The van der Waals surface area contributed by atoms with Crippen molar-refractivity contribution in [3.63, 3.8) is 0 Å². The Morgan fingerprint density at radius 1 is 1.12 bits per heavy atom. The first-order valence-electron chi connectivity index (χ1n) is 8.22. The molecule has 2 aromatic rings. The molecule has 1 unspecified atom stereocenters. The van der Waals surface area contributed by atoms with E-state index in [0.29, 0.717) is 23.5 Å². The van der Waals surface area contributed by atoms with Crippen LogP contribution >= 0.6 is 0 Å². The summed E-state index contributed by atoms with van der Waals surface area (Å²) in [5, 5.41) is 9.65. The van der Waals surface area contributed by atoms with Crippen molar-refractivity contribution in [3.8, 4) is 17.2 Å². The van der Waals surface area contributed by atoms with E-state index in [1.165, 1.54) is 0 Å². The van der Waals surface area contributed by atoms with Crippen molar-refractivity contribution in [2.45, 2.75) is 38.7 Å². The van der Waals surface area contributed by atoms with E-state index in [-0.39, 0.29) is 12.4 Å². The van der Waals surface area contributed by atoms with E-state index in [0.717, 1.165) is 11.3 Å². The van der Waals surface area contributed by atoms with E-state index in [1.807, 2.05) is 45.0 Å². The van der Waals surface area contributed by atoms with Crippen LogP contribution in [0.1, 0.15) is 37.8 Å². The third kappa shape index (κ3) is 4.24. The van der Waals surface area contributed by atoms with Crippen molar-refractivity contribution >= 4 is 5.97 Å². The number of benzene rings is 2. The third-order valence-corrected chi connectivity index (χ3v) is 3.88. The van der Waals surface area contributed by atoms with Gasteiger partial charge < -0.3 is 19.3 Å². The molecule has 3 rings (SSSR count). The van der Waals surface area contributed by atoms with Gasteiger partial charge in [0.1, 0.15) is 11.4 Å². The molecule has 0 saturated heterocycles. The number of aliphatic carboxylic acids is 1. The summed E-state index contributed by atoms with van der Waals surface area (Å²) < 4.78 is 16.4. The molecule has 1 N–H and O–H groups in total. The second-order valence-electron chi connectivity index (χ2n) is 7.07. The molecule has 1 heterocycles. The molecule has 0 bridgehead atoms. The topological polar surface area (TPSA) is 65.0 Å². The summed E-state index contributed by atoms with van der Waals surface area (Å²) in [5.41, 5.74) is 1.37. The van der Waals surface area contributed by atoms with Gasteiger partial charge in [-0.25, -0.2) is 0 Å². The molecule has 0 spiro atoms.